The molecule has 0 saturated carbocycles. The SMILES string of the molecule is CNCc1cn(C)nc1-c1ccc(C)cc1. The first-order valence-electron chi connectivity index (χ1n) is 5.45. The minimum atomic E-state index is 0.844. The smallest absolute Gasteiger partial charge is 0.0967 e. The van der Waals surface area contributed by atoms with Crippen molar-refractivity contribution >= 4 is 0 Å². The molecule has 0 radical (unpaired) electrons. The third-order valence-electron chi connectivity index (χ3n) is 2.60. The summed E-state index contributed by atoms with van der Waals surface area (Å²) in [5, 5.41) is 7.67. The number of benzene rings is 1. The third-order valence-corrected chi connectivity index (χ3v) is 2.60. The van der Waals surface area contributed by atoms with Crippen LogP contribution in [0.1, 0.15) is 11.1 Å². The van der Waals surface area contributed by atoms with Crippen LogP contribution in [0.15, 0.2) is 30.5 Å². The maximum absolute atomic E-state index is 4.51. The summed E-state index contributed by atoms with van der Waals surface area (Å²) in [6, 6.07) is 8.48. The predicted octanol–water partition coefficient (Wildman–Crippen LogP) is 2.11. The van der Waals surface area contributed by atoms with Gasteiger partial charge < -0.3 is 5.32 Å². The van der Waals surface area contributed by atoms with Crippen molar-refractivity contribution in [2.45, 2.75) is 13.5 Å². The van der Waals surface area contributed by atoms with Crippen molar-refractivity contribution in [2.75, 3.05) is 7.05 Å². The fourth-order valence-corrected chi connectivity index (χ4v) is 1.81. The fraction of sp³-hybridized carbons (Fsp3) is 0.308. The van der Waals surface area contributed by atoms with Crippen LogP contribution in [0.3, 0.4) is 0 Å². The molecular formula is C13H17N3. The van der Waals surface area contributed by atoms with E-state index in [9.17, 15) is 0 Å². The van der Waals surface area contributed by atoms with Gasteiger partial charge >= 0.3 is 0 Å². The molecule has 2 rings (SSSR count). The lowest BCUT2D eigenvalue weighted by Crippen LogP contribution is -2.05. The summed E-state index contributed by atoms with van der Waals surface area (Å²) >= 11 is 0. The van der Waals surface area contributed by atoms with Crippen molar-refractivity contribution < 1.29 is 0 Å². The number of hydrogen-bond acceptors (Lipinski definition) is 2. The first-order chi connectivity index (χ1) is 7.70. The molecule has 0 unspecified atom stereocenters. The molecule has 1 N–H and O–H groups in total. The van der Waals surface area contributed by atoms with Gasteiger partial charge in [0.2, 0.25) is 0 Å². The van der Waals surface area contributed by atoms with Crippen molar-refractivity contribution in [3.63, 3.8) is 0 Å². The lowest BCUT2D eigenvalue weighted by atomic mass is 10.1. The van der Waals surface area contributed by atoms with Crippen molar-refractivity contribution in [3.05, 3.63) is 41.6 Å². The van der Waals surface area contributed by atoms with E-state index in [0.29, 0.717) is 0 Å². The van der Waals surface area contributed by atoms with E-state index < -0.39 is 0 Å². The summed E-state index contributed by atoms with van der Waals surface area (Å²) in [7, 11) is 3.91. The molecule has 0 spiro atoms. The molecule has 0 atom stereocenters. The Bertz CT molecular complexity index is 468. The fourth-order valence-electron chi connectivity index (χ4n) is 1.81. The van der Waals surface area contributed by atoms with Crippen LogP contribution in [0.5, 0.6) is 0 Å². The van der Waals surface area contributed by atoms with E-state index in [4.69, 9.17) is 0 Å². The zero-order valence-corrected chi connectivity index (χ0v) is 9.99. The van der Waals surface area contributed by atoms with E-state index in [-0.39, 0.29) is 0 Å². The number of nitrogens with zero attached hydrogens (tertiary/aromatic N) is 2. The molecule has 0 amide bonds. The quantitative estimate of drug-likeness (QED) is 0.850. The second kappa shape index (κ2) is 4.49. The van der Waals surface area contributed by atoms with Gasteiger partial charge in [-0.15, -0.1) is 0 Å². The van der Waals surface area contributed by atoms with Crippen LogP contribution in [0.4, 0.5) is 0 Å². The molecule has 2 aromatic rings. The summed E-state index contributed by atoms with van der Waals surface area (Å²) < 4.78 is 1.86. The van der Waals surface area contributed by atoms with E-state index in [1.807, 2.05) is 18.8 Å². The van der Waals surface area contributed by atoms with E-state index in [1.54, 1.807) is 0 Å². The highest BCUT2D eigenvalue weighted by Gasteiger charge is 2.08. The van der Waals surface area contributed by atoms with Crippen LogP contribution >= 0.6 is 0 Å². The monoisotopic (exact) mass is 215 g/mol. The lowest BCUT2D eigenvalue weighted by molar-refractivity contribution is 0.765. The van der Waals surface area contributed by atoms with Crippen LogP contribution in [0, 0.1) is 6.92 Å². The zero-order valence-electron chi connectivity index (χ0n) is 9.99. The van der Waals surface area contributed by atoms with Gasteiger partial charge in [0, 0.05) is 30.9 Å². The van der Waals surface area contributed by atoms with Crippen molar-refractivity contribution in [2.24, 2.45) is 7.05 Å². The minimum absolute atomic E-state index is 0.844. The topological polar surface area (TPSA) is 29.9 Å². The molecule has 1 aromatic carbocycles. The summed E-state index contributed by atoms with van der Waals surface area (Å²) in [4.78, 5) is 0. The standard InChI is InChI=1S/C13H17N3/c1-10-4-6-11(7-5-10)13-12(8-14-2)9-16(3)15-13/h4-7,9,14H,8H2,1-3H3. The molecule has 1 aromatic heterocycles. The van der Waals surface area contributed by atoms with Crippen molar-refractivity contribution in [1.82, 2.24) is 15.1 Å². The van der Waals surface area contributed by atoms with Crippen LogP contribution in [0.25, 0.3) is 11.3 Å². The third kappa shape index (κ3) is 2.14. The Labute approximate surface area is 96.1 Å². The van der Waals surface area contributed by atoms with E-state index in [2.05, 4.69) is 47.8 Å². The average Bonchev–Trinajstić information content (AvgIpc) is 2.61. The second-order valence-corrected chi connectivity index (χ2v) is 4.07. The van der Waals surface area contributed by atoms with Gasteiger partial charge in [0.25, 0.3) is 0 Å². The molecule has 3 heteroatoms. The Morgan fingerprint density at radius 1 is 1.25 bits per heavy atom. The normalized spacial score (nSPS) is 10.7. The largest absolute Gasteiger partial charge is 0.316 e. The molecule has 84 valence electrons. The molecule has 0 bridgehead atoms. The van der Waals surface area contributed by atoms with Gasteiger partial charge in [-0.2, -0.15) is 5.10 Å². The molecule has 0 aliphatic carbocycles. The van der Waals surface area contributed by atoms with Crippen molar-refractivity contribution in [3.8, 4) is 11.3 Å². The van der Waals surface area contributed by atoms with Gasteiger partial charge in [-0.25, -0.2) is 0 Å². The number of aromatic nitrogens is 2. The van der Waals surface area contributed by atoms with Crippen LogP contribution < -0.4 is 5.32 Å². The summed E-state index contributed by atoms with van der Waals surface area (Å²) in [5.74, 6) is 0. The van der Waals surface area contributed by atoms with Gasteiger partial charge in [-0.05, 0) is 14.0 Å². The summed E-state index contributed by atoms with van der Waals surface area (Å²) in [6.07, 6.45) is 2.06. The van der Waals surface area contributed by atoms with Gasteiger partial charge in [-0.3, -0.25) is 4.68 Å². The van der Waals surface area contributed by atoms with Crippen LogP contribution in [-0.2, 0) is 13.6 Å². The Morgan fingerprint density at radius 2 is 1.94 bits per heavy atom. The van der Waals surface area contributed by atoms with E-state index in [0.717, 1.165) is 12.2 Å². The highest BCUT2D eigenvalue weighted by Crippen LogP contribution is 2.22. The number of hydrogen-bond donors (Lipinski definition) is 1. The molecule has 1 heterocycles. The highest BCUT2D eigenvalue weighted by molar-refractivity contribution is 5.62. The predicted molar refractivity (Wildman–Crippen MR) is 66.1 cm³/mol. The zero-order chi connectivity index (χ0) is 11.5. The Kier molecular flexibility index (Phi) is 3.06. The second-order valence-electron chi connectivity index (χ2n) is 4.07. The van der Waals surface area contributed by atoms with E-state index >= 15 is 0 Å². The Balaban J connectivity index is 2.42. The number of aryl methyl sites for hydroxylation is 2. The molecule has 0 saturated heterocycles. The van der Waals surface area contributed by atoms with Gasteiger partial charge in [0.1, 0.15) is 0 Å². The van der Waals surface area contributed by atoms with Crippen molar-refractivity contribution in [1.29, 1.82) is 0 Å². The maximum atomic E-state index is 4.51. The first kappa shape index (κ1) is 10.9. The Hall–Kier alpha value is -1.61. The maximum Gasteiger partial charge on any atom is 0.0967 e. The molecule has 0 aliphatic rings. The number of nitrogens with one attached hydrogen (secondary N) is 1. The highest BCUT2D eigenvalue weighted by atomic mass is 15.3. The summed E-state index contributed by atoms with van der Waals surface area (Å²) in [5.41, 5.74) is 4.75. The number of rotatable bonds is 3. The molecule has 16 heavy (non-hydrogen) atoms. The van der Waals surface area contributed by atoms with Crippen LogP contribution in [0.2, 0.25) is 0 Å². The Morgan fingerprint density at radius 3 is 2.56 bits per heavy atom. The summed E-state index contributed by atoms with van der Waals surface area (Å²) in [6.45, 7) is 2.94. The van der Waals surface area contributed by atoms with Gasteiger partial charge in [-0.1, -0.05) is 29.8 Å². The molecular weight excluding hydrogens is 198 g/mol. The molecule has 3 nitrogen and oxygen atoms in total. The van der Waals surface area contributed by atoms with Gasteiger partial charge in [0.05, 0.1) is 5.69 Å². The molecule has 0 aliphatic heterocycles. The average molecular weight is 215 g/mol. The van der Waals surface area contributed by atoms with Crippen LogP contribution in [-0.4, -0.2) is 16.8 Å². The first-order valence-corrected chi connectivity index (χ1v) is 5.45. The lowest BCUT2D eigenvalue weighted by Gasteiger charge is -2.02. The van der Waals surface area contributed by atoms with Gasteiger partial charge in [0.15, 0.2) is 0 Å². The minimum Gasteiger partial charge on any atom is -0.316 e. The van der Waals surface area contributed by atoms with E-state index in [1.165, 1.54) is 16.7 Å². The molecule has 0 fully saturated rings.